The van der Waals surface area contributed by atoms with E-state index in [1.807, 2.05) is 6.07 Å². The summed E-state index contributed by atoms with van der Waals surface area (Å²) in [6.45, 7) is 2.80. The third-order valence-electron chi connectivity index (χ3n) is 2.36. The molecule has 78 valence electrons. The van der Waals surface area contributed by atoms with Crippen molar-refractivity contribution in [3.8, 4) is 0 Å². The summed E-state index contributed by atoms with van der Waals surface area (Å²) in [6, 6.07) is 1.97. The number of hydrogen-bond donors (Lipinski definition) is 1. The van der Waals surface area contributed by atoms with Gasteiger partial charge in [-0.25, -0.2) is 0 Å². The Kier molecular flexibility index (Phi) is 3.81. The van der Waals surface area contributed by atoms with E-state index in [1.54, 1.807) is 11.3 Å². The van der Waals surface area contributed by atoms with Crippen molar-refractivity contribution in [2.75, 3.05) is 13.1 Å². The van der Waals surface area contributed by atoms with Crippen molar-refractivity contribution >= 4 is 22.9 Å². The smallest absolute Gasteiger partial charge is 0.0931 e. The molecule has 1 aromatic heterocycles. The second-order valence-corrected chi connectivity index (χ2v) is 5.08. The van der Waals surface area contributed by atoms with Gasteiger partial charge >= 0.3 is 0 Å². The molecule has 1 atom stereocenters. The van der Waals surface area contributed by atoms with E-state index >= 15 is 0 Å². The first-order chi connectivity index (χ1) is 6.84. The van der Waals surface area contributed by atoms with Gasteiger partial charge in [-0.2, -0.15) is 0 Å². The lowest BCUT2D eigenvalue weighted by molar-refractivity contribution is 0.0254. The zero-order valence-electron chi connectivity index (χ0n) is 7.96. The lowest BCUT2D eigenvalue weighted by atomic mass is 10.1. The Morgan fingerprint density at radius 3 is 3.21 bits per heavy atom. The van der Waals surface area contributed by atoms with Gasteiger partial charge in [0.05, 0.1) is 17.0 Å². The minimum atomic E-state index is 0.377. The van der Waals surface area contributed by atoms with Crippen LogP contribution >= 0.6 is 22.9 Å². The summed E-state index contributed by atoms with van der Waals surface area (Å²) in [6.07, 6.45) is 2.77. The minimum absolute atomic E-state index is 0.377. The molecule has 0 aromatic carbocycles. The first-order valence-corrected chi connectivity index (χ1v) is 6.15. The molecule has 2 rings (SSSR count). The molecule has 0 unspecified atom stereocenters. The molecule has 1 N–H and O–H groups in total. The highest BCUT2D eigenvalue weighted by molar-refractivity contribution is 7.14. The number of halogens is 1. The van der Waals surface area contributed by atoms with Gasteiger partial charge in [0.25, 0.3) is 0 Å². The fourth-order valence-corrected chi connectivity index (χ4v) is 2.49. The largest absolute Gasteiger partial charge is 0.372 e. The molecule has 0 amide bonds. The molecule has 4 heteroatoms. The van der Waals surface area contributed by atoms with Crippen LogP contribution in [0.5, 0.6) is 0 Å². The second kappa shape index (κ2) is 5.12. The van der Waals surface area contributed by atoms with Crippen LogP contribution < -0.4 is 5.32 Å². The van der Waals surface area contributed by atoms with Crippen LogP contribution in [-0.4, -0.2) is 19.2 Å². The SMILES string of the molecule is Clc1cc(CO[C@H]2CCCNC2)cs1. The Hall–Kier alpha value is -0.0900. The molecule has 0 bridgehead atoms. The standard InChI is InChI=1S/C10H14ClNOS/c11-10-4-8(7-14-10)6-13-9-2-1-3-12-5-9/h4,7,9,12H,1-3,5-6H2/t9-/m0/s1. The van der Waals surface area contributed by atoms with Gasteiger partial charge in [-0.15, -0.1) is 11.3 Å². The molecule has 0 spiro atoms. The van der Waals surface area contributed by atoms with Crippen molar-refractivity contribution in [3.63, 3.8) is 0 Å². The average molecular weight is 232 g/mol. The minimum Gasteiger partial charge on any atom is -0.372 e. The molecule has 0 aliphatic carbocycles. The Morgan fingerprint density at radius 2 is 2.57 bits per heavy atom. The van der Waals surface area contributed by atoms with Crippen molar-refractivity contribution in [2.45, 2.75) is 25.6 Å². The molecular weight excluding hydrogens is 218 g/mol. The van der Waals surface area contributed by atoms with E-state index in [0.717, 1.165) is 17.4 Å². The maximum absolute atomic E-state index is 5.83. The van der Waals surface area contributed by atoms with Crippen LogP contribution in [0.3, 0.4) is 0 Å². The Bertz CT molecular complexity index is 283. The van der Waals surface area contributed by atoms with Crippen molar-refractivity contribution < 1.29 is 4.74 Å². The molecule has 1 aliphatic rings. The summed E-state index contributed by atoms with van der Waals surface area (Å²) in [7, 11) is 0. The number of hydrogen-bond acceptors (Lipinski definition) is 3. The van der Waals surface area contributed by atoms with Crippen LogP contribution in [0.25, 0.3) is 0 Å². The van der Waals surface area contributed by atoms with E-state index in [2.05, 4.69) is 10.7 Å². The molecule has 2 heterocycles. The van der Waals surface area contributed by atoms with E-state index in [0.29, 0.717) is 12.7 Å². The zero-order chi connectivity index (χ0) is 9.80. The van der Waals surface area contributed by atoms with E-state index in [4.69, 9.17) is 16.3 Å². The molecule has 0 radical (unpaired) electrons. The van der Waals surface area contributed by atoms with E-state index in [1.165, 1.54) is 18.4 Å². The molecule has 0 saturated carbocycles. The third-order valence-corrected chi connectivity index (χ3v) is 3.50. The van der Waals surface area contributed by atoms with Gasteiger partial charge < -0.3 is 10.1 Å². The van der Waals surface area contributed by atoms with Crippen LogP contribution in [0.15, 0.2) is 11.4 Å². The second-order valence-electron chi connectivity index (χ2n) is 3.54. The summed E-state index contributed by atoms with van der Waals surface area (Å²) in [5, 5.41) is 5.38. The molecule has 1 saturated heterocycles. The van der Waals surface area contributed by atoms with Crippen LogP contribution in [0.1, 0.15) is 18.4 Å². The first-order valence-electron chi connectivity index (χ1n) is 4.90. The van der Waals surface area contributed by atoms with E-state index in [-0.39, 0.29) is 0 Å². The number of piperidine rings is 1. The monoisotopic (exact) mass is 231 g/mol. The normalized spacial score (nSPS) is 22.5. The zero-order valence-corrected chi connectivity index (χ0v) is 9.53. The highest BCUT2D eigenvalue weighted by Gasteiger charge is 2.13. The molecule has 1 aromatic rings. The summed E-state index contributed by atoms with van der Waals surface area (Å²) in [5.41, 5.74) is 1.19. The molecular formula is C10H14ClNOS. The quantitative estimate of drug-likeness (QED) is 0.864. The van der Waals surface area contributed by atoms with Crippen LogP contribution in [0.4, 0.5) is 0 Å². The number of rotatable bonds is 3. The Labute approximate surface area is 93.2 Å². The number of thiophene rings is 1. The maximum Gasteiger partial charge on any atom is 0.0931 e. The highest BCUT2D eigenvalue weighted by atomic mass is 35.5. The first kappa shape index (κ1) is 10.4. The van der Waals surface area contributed by atoms with E-state index in [9.17, 15) is 0 Å². The van der Waals surface area contributed by atoms with Crippen molar-refractivity contribution in [1.82, 2.24) is 5.32 Å². The van der Waals surface area contributed by atoms with Crippen molar-refractivity contribution in [3.05, 3.63) is 21.3 Å². The predicted molar refractivity (Wildman–Crippen MR) is 60.0 cm³/mol. The molecule has 1 fully saturated rings. The van der Waals surface area contributed by atoms with Crippen LogP contribution in [0.2, 0.25) is 4.34 Å². The van der Waals surface area contributed by atoms with Crippen molar-refractivity contribution in [1.29, 1.82) is 0 Å². The predicted octanol–water partition coefficient (Wildman–Crippen LogP) is 2.67. The topological polar surface area (TPSA) is 21.3 Å². The van der Waals surface area contributed by atoms with Crippen LogP contribution in [-0.2, 0) is 11.3 Å². The summed E-state index contributed by atoms with van der Waals surface area (Å²) in [4.78, 5) is 0. The van der Waals surface area contributed by atoms with Gasteiger partial charge in [-0.05, 0) is 36.4 Å². The molecule has 14 heavy (non-hydrogen) atoms. The highest BCUT2D eigenvalue weighted by Crippen LogP contribution is 2.21. The lowest BCUT2D eigenvalue weighted by Crippen LogP contribution is -2.35. The maximum atomic E-state index is 5.83. The van der Waals surface area contributed by atoms with Crippen LogP contribution in [0, 0.1) is 0 Å². The van der Waals surface area contributed by atoms with Gasteiger partial charge in [0, 0.05) is 6.54 Å². The Morgan fingerprint density at radius 1 is 1.64 bits per heavy atom. The Balaban J connectivity index is 1.76. The van der Waals surface area contributed by atoms with Gasteiger partial charge in [0.2, 0.25) is 0 Å². The van der Waals surface area contributed by atoms with Gasteiger partial charge in [0.1, 0.15) is 0 Å². The van der Waals surface area contributed by atoms with Gasteiger partial charge in [-0.1, -0.05) is 11.6 Å². The third kappa shape index (κ3) is 2.95. The summed E-state index contributed by atoms with van der Waals surface area (Å²) in [5.74, 6) is 0. The fraction of sp³-hybridized carbons (Fsp3) is 0.600. The average Bonchev–Trinajstić information content (AvgIpc) is 2.63. The number of ether oxygens (including phenoxy) is 1. The fourth-order valence-electron chi connectivity index (χ4n) is 1.60. The van der Waals surface area contributed by atoms with Gasteiger partial charge in [0.15, 0.2) is 0 Å². The summed E-state index contributed by atoms with van der Waals surface area (Å²) < 4.78 is 6.61. The number of nitrogens with one attached hydrogen (secondary N) is 1. The van der Waals surface area contributed by atoms with Gasteiger partial charge in [-0.3, -0.25) is 0 Å². The molecule has 1 aliphatic heterocycles. The van der Waals surface area contributed by atoms with E-state index < -0.39 is 0 Å². The lowest BCUT2D eigenvalue weighted by Gasteiger charge is -2.22. The molecule has 2 nitrogen and oxygen atoms in total. The van der Waals surface area contributed by atoms with Crippen molar-refractivity contribution in [2.24, 2.45) is 0 Å². The summed E-state index contributed by atoms with van der Waals surface area (Å²) >= 11 is 7.39.